The zero-order valence-corrected chi connectivity index (χ0v) is 18.7. The van der Waals surface area contributed by atoms with E-state index in [1.807, 2.05) is 80.6 Å². The summed E-state index contributed by atoms with van der Waals surface area (Å²) < 4.78 is 6.09. The molecule has 0 bridgehead atoms. The van der Waals surface area contributed by atoms with E-state index in [1.165, 1.54) is 0 Å². The highest BCUT2D eigenvalue weighted by molar-refractivity contribution is 6.02. The van der Waals surface area contributed by atoms with Crippen LogP contribution in [0.3, 0.4) is 0 Å². The molecule has 2 atom stereocenters. The number of ether oxygens (including phenoxy) is 1. The smallest absolute Gasteiger partial charge is 0.141 e. The fourth-order valence-electron chi connectivity index (χ4n) is 4.25. The first-order chi connectivity index (χ1) is 15.5. The van der Waals surface area contributed by atoms with Gasteiger partial charge in [0.05, 0.1) is 23.6 Å². The van der Waals surface area contributed by atoms with Gasteiger partial charge in [0.2, 0.25) is 0 Å². The van der Waals surface area contributed by atoms with Crippen molar-refractivity contribution in [3.8, 4) is 0 Å². The Morgan fingerprint density at radius 1 is 0.969 bits per heavy atom. The van der Waals surface area contributed by atoms with Crippen molar-refractivity contribution in [3.05, 3.63) is 102 Å². The molecule has 4 rings (SSSR count). The molecule has 1 fully saturated rings. The molecule has 0 aliphatic carbocycles. The summed E-state index contributed by atoms with van der Waals surface area (Å²) in [4.78, 5) is 13.2. The van der Waals surface area contributed by atoms with Crippen molar-refractivity contribution in [2.75, 3.05) is 12.0 Å². The van der Waals surface area contributed by atoms with Crippen LogP contribution in [0.15, 0.2) is 96.1 Å². The van der Waals surface area contributed by atoms with E-state index in [0.717, 1.165) is 22.5 Å². The molecular formula is C28H30N2O2. The Labute approximate surface area is 190 Å². The molecule has 1 aliphatic heterocycles. The van der Waals surface area contributed by atoms with E-state index in [4.69, 9.17) is 9.84 Å². The number of para-hydroxylation sites is 1. The van der Waals surface area contributed by atoms with E-state index in [2.05, 4.69) is 29.7 Å². The largest absolute Gasteiger partial charge is 0.374 e. The van der Waals surface area contributed by atoms with E-state index in [9.17, 15) is 4.79 Å². The summed E-state index contributed by atoms with van der Waals surface area (Å²) >= 11 is 0. The summed E-state index contributed by atoms with van der Waals surface area (Å²) in [6.07, 6.45) is 1.06. The molecule has 0 aromatic heterocycles. The predicted molar refractivity (Wildman–Crippen MR) is 130 cm³/mol. The maximum absolute atomic E-state index is 13.2. The first-order valence-corrected chi connectivity index (χ1v) is 11.2. The van der Waals surface area contributed by atoms with Gasteiger partial charge in [0, 0.05) is 18.3 Å². The van der Waals surface area contributed by atoms with Crippen LogP contribution < -0.4 is 5.43 Å². The lowest BCUT2D eigenvalue weighted by molar-refractivity contribution is -0.145. The third-order valence-electron chi connectivity index (χ3n) is 5.99. The van der Waals surface area contributed by atoms with Gasteiger partial charge in [-0.2, -0.15) is 5.10 Å². The van der Waals surface area contributed by atoms with Crippen molar-refractivity contribution in [2.45, 2.75) is 38.2 Å². The Hall–Kier alpha value is -3.24. The highest BCUT2D eigenvalue weighted by Gasteiger charge is 2.39. The average Bonchev–Trinajstić information content (AvgIpc) is 2.81. The number of carbonyl (C=O) groups excluding carboxylic acids is 1. The summed E-state index contributed by atoms with van der Waals surface area (Å²) in [5, 5.41) is 4.79. The molecule has 0 saturated carbocycles. The maximum Gasteiger partial charge on any atom is 0.141 e. The molecule has 1 aliphatic rings. The van der Waals surface area contributed by atoms with Crippen LogP contribution in [0.4, 0.5) is 5.69 Å². The highest BCUT2D eigenvalue weighted by atomic mass is 16.5. The monoisotopic (exact) mass is 426 g/mol. The van der Waals surface area contributed by atoms with Gasteiger partial charge in [0.1, 0.15) is 5.78 Å². The number of hydrogen-bond acceptors (Lipinski definition) is 4. The van der Waals surface area contributed by atoms with Crippen molar-refractivity contribution in [3.63, 3.8) is 0 Å². The van der Waals surface area contributed by atoms with Crippen LogP contribution in [-0.4, -0.2) is 23.7 Å². The lowest BCUT2D eigenvalue weighted by Gasteiger charge is -2.37. The third kappa shape index (κ3) is 5.51. The van der Waals surface area contributed by atoms with Crippen molar-refractivity contribution in [1.82, 2.24) is 0 Å². The molecule has 0 unspecified atom stereocenters. The second kappa shape index (κ2) is 9.92. The molecule has 0 radical (unpaired) electrons. The summed E-state index contributed by atoms with van der Waals surface area (Å²) in [7, 11) is 0. The first kappa shape index (κ1) is 22.0. The molecule has 4 heteroatoms. The van der Waals surface area contributed by atoms with Gasteiger partial charge < -0.3 is 4.74 Å². The number of carbonyl (C=O) groups is 1. The molecule has 1 saturated heterocycles. The molecule has 32 heavy (non-hydrogen) atoms. The Morgan fingerprint density at radius 3 is 2.19 bits per heavy atom. The summed E-state index contributed by atoms with van der Waals surface area (Å²) in [5.41, 5.74) is 6.82. The Balaban J connectivity index is 1.68. The van der Waals surface area contributed by atoms with Crippen LogP contribution in [0.25, 0.3) is 0 Å². The molecule has 1 N–H and O–H groups in total. The number of benzene rings is 3. The van der Waals surface area contributed by atoms with E-state index < -0.39 is 5.60 Å². The maximum atomic E-state index is 13.2. The quantitative estimate of drug-likeness (QED) is 0.369. The summed E-state index contributed by atoms with van der Waals surface area (Å²) in [5.74, 6) is 0.0472. The normalized spacial score (nSPS) is 19.4. The van der Waals surface area contributed by atoms with Crippen molar-refractivity contribution in [2.24, 2.45) is 11.0 Å². The van der Waals surface area contributed by atoms with Gasteiger partial charge in [-0.3, -0.25) is 10.2 Å². The molecule has 164 valence electrons. The molecule has 4 nitrogen and oxygen atoms in total. The second-order valence-electron chi connectivity index (χ2n) is 8.94. The Kier molecular flexibility index (Phi) is 6.81. The van der Waals surface area contributed by atoms with Gasteiger partial charge in [-0.05, 0) is 43.5 Å². The topological polar surface area (TPSA) is 50.7 Å². The Morgan fingerprint density at radius 2 is 1.56 bits per heavy atom. The van der Waals surface area contributed by atoms with E-state index in [0.29, 0.717) is 19.4 Å². The van der Waals surface area contributed by atoms with Crippen LogP contribution in [0.5, 0.6) is 0 Å². The van der Waals surface area contributed by atoms with Crippen LogP contribution in [-0.2, 0) is 9.53 Å². The number of Topliss-reactive ketones (excluding diaryl/α,β-unsaturated/α-hetero) is 1. The molecule has 0 spiro atoms. The van der Waals surface area contributed by atoms with Gasteiger partial charge in [-0.15, -0.1) is 0 Å². The Bertz CT molecular complexity index is 1050. The average molecular weight is 427 g/mol. The third-order valence-corrected chi connectivity index (χ3v) is 5.99. The van der Waals surface area contributed by atoms with Crippen molar-refractivity contribution < 1.29 is 9.53 Å². The lowest BCUT2D eigenvalue weighted by atomic mass is 9.76. The van der Waals surface area contributed by atoms with Gasteiger partial charge in [-0.25, -0.2) is 0 Å². The summed E-state index contributed by atoms with van der Waals surface area (Å²) in [6, 6.07) is 30.3. The first-order valence-electron chi connectivity index (χ1n) is 11.2. The summed E-state index contributed by atoms with van der Waals surface area (Å²) in [6.45, 7) is 4.40. The van der Waals surface area contributed by atoms with E-state index >= 15 is 0 Å². The number of rotatable bonds is 7. The number of nitrogens with zero attached hydrogens (tertiary/aromatic N) is 1. The minimum atomic E-state index is -0.403. The van der Waals surface area contributed by atoms with Crippen LogP contribution >= 0.6 is 0 Å². The minimum absolute atomic E-state index is 0.0173. The van der Waals surface area contributed by atoms with E-state index in [1.54, 1.807) is 0 Å². The van der Waals surface area contributed by atoms with Gasteiger partial charge >= 0.3 is 0 Å². The number of ketones is 1. The van der Waals surface area contributed by atoms with Gasteiger partial charge in [0.25, 0.3) is 0 Å². The second-order valence-corrected chi connectivity index (χ2v) is 8.94. The van der Waals surface area contributed by atoms with Crippen molar-refractivity contribution >= 4 is 17.2 Å². The van der Waals surface area contributed by atoms with E-state index in [-0.39, 0.29) is 17.6 Å². The number of nitrogens with one attached hydrogen (secondary N) is 1. The number of hydrazone groups is 1. The van der Waals surface area contributed by atoms with Gasteiger partial charge in [0.15, 0.2) is 0 Å². The zero-order valence-electron chi connectivity index (χ0n) is 18.7. The van der Waals surface area contributed by atoms with Crippen LogP contribution in [0.1, 0.15) is 43.7 Å². The predicted octanol–water partition coefficient (Wildman–Crippen LogP) is 6.06. The molecule has 3 aromatic carbocycles. The molecule has 0 amide bonds. The fraction of sp³-hybridized carbons (Fsp3) is 0.286. The lowest BCUT2D eigenvalue weighted by Crippen LogP contribution is -2.42. The number of anilines is 1. The van der Waals surface area contributed by atoms with Crippen molar-refractivity contribution in [1.29, 1.82) is 0 Å². The van der Waals surface area contributed by atoms with Crippen LogP contribution in [0, 0.1) is 5.92 Å². The highest BCUT2D eigenvalue weighted by Crippen LogP contribution is 2.37. The SMILES string of the molecule is CC1(C)CC(=O)[C@@H]([C@H](C/C(=N\Nc2ccccc2)c2ccccc2)c2ccccc2)CO1. The molecule has 1 heterocycles. The zero-order chi connectivity index (χ0) is 22.4. The minimum Gasteiger partial charge on any atom is -0.374 e. The fourth-order valence-corrected chi connectivity index (χ4v) is 4.25. The van der Waals surface area contributed by atoms with Gasteiger partial charge in [-0.1, -0.05) is 78.9 Å². The molecular weight excluding hydrogens is 396 g/mol. The van der Waals surface area contributed by atoms with Crippen LogP contribution in [0.2, 0.25) is 0 Å². The molecule has 3 aromatic rings. The standard InChI is InChI=1S/C28H30N2O2/c1-28(2)19-27(31)25(20-32-28)24(21-12-6-3-7-13-21)18-26(22-14-8-4-9-15-22)30-29-23-16-10-5-11-17-23/h3-17,24-25,29H,18-20H2,1-2H3/b30-26+/t24-,25-/m1/s1. The number of hydrogen-bond donors (Lipinski definition) is 1.